The quantitative estimate of drug-likeness (QED) is 0.597. The lowest BCUT2D eigenvalue weighted by Gasteiger charge is -2.23. The van der Waals surface area contributed by atoms with E-state index in [0.29, 0.717) is 11.3 Å². The molecule has 0 radical (unpaired) electrons. The maximum absolute atomic E-state index is 13.4. The van der Waals surface area contributed by atoms with Crippen molar-refractivity contribution < 1.29 is 4.39 Å². The molecule has 13 heavy (non-hydrogen) atoms. The number of hydrogen-bond acceptors (Lipinski definition) is 2. The van der Waals surface area contributed by atoms with Crippen LogP contribution in [-0.4, -0.2) is 0 Å². The highest BCUT2D eigenvalue weighted by molar-refractivity contribution is 5.53. The Labute approximate surface area is 76.7 Å². The van der Waals surface area contributed by atoms with Crippen molar-refractivity contribution >= 4 is 5.69 Å². The van der Waals surface area contributed by atoms with Gasteiger partial charge < -0.3 is 11.5 Å². The Kier molecular flexibility index (Phi) is 1.96. The Balaban J connectivity index is 2.60. The highest BCUT2D eigenvalue weighted by Gasteiger charge is 2.21. The predicted octanol–water partition coefficient (Wildman–Crippen LogP) is 1.74. The average Bonchev–Trinajstić information content (AvgIpc) is 2.12. The fourth-order valence-electron chi connectivity index (χ4n) is 1.98. The van der Waals surface area contributed by atoms with Crippen LogP contribution >= 0.6 is 0 Å². The molecule has 0 saturated heterocycles. The number of rotatable bonds is 0. The van der Waals surface area contributed by atoms with Crippen molar-refractivity contribution in [2.75, 3.05) is 5.73 Å². The van der Waals surface area contributed by atoms with E-state index in [-0.39, 0.29) is 11.9 Å². The smallest absolute Gasteiger partial charge is 0.128 e. The van der Waals surface area contributed by atoms with Crippen LogP contribution in [0.2, 0.25) is 0 Å². The van der Waals surface area contributed by atoms with Crippen molar-refractivity contribution in [1.29, 1.82) is 0 Å². The summed E-state index contributed by atoms with van der Waals surface area (Å²) in [5, 5.41) is 0. The van der Waals surface area contributed by atoms with Crippen LogP contribution in [0.1, 0.15) is 30.0 Å². The van der Waals surface area contributed by atoms with Crippen LogP contribution in [0.15, 0.2) is 12.1 Å². The van der Waals surface area contributed by atoms with Gasteiger partial charge in [-0.3, -0.25) is 0 Å². The van der Waals surface area contributed by atoms with Gasteiger partial charge in [-0.05, 0) is 37.0 Å². The zero-order valence-electron chi connectivity index (χ0n) is 7.39. The van der Waals surface area contributed by atoms with Crippen LogP contribution in [0.3, 0.4) is 0 Å². The second-order valence-electron chi connectivity index (χ2n) is 3.53. The largest absolute Gasteiger partial charge is 0.398 e. The first-order valence-electron chi connectivity index (χ1n) is 4.52. The van der Waals surface area contributed by atoms with E-state index in [4.69, 9.17) is 11.5 Å². The van der Waals surface area contributed by atoms with Crippen molar-refractivity contribution in [3.8, 4) is 0 Å². The molecule has 2 rings (SSSR count). The first kappa shape index (κ1) is 8.51. The second kappa shape index (κ2) is 3.00. The number of hydrogen-bond donors (Lipinski definition) is 2. The minimum absolute atomic E-state index is 0.174. The van der Waals surface area contributed by atoms with Crippen LogP contribution in [0, 0.1) is 5.82 Å². The Bertz CT molecular complexity index is 336. The van der Waals surface area contributed by atoms with Crippen LogP contribution < -0.4 is 11.5 Å². The SMILES string of the molecule is Nc1ccc(F)c2c1CCC[C@H]2N. The van der Waals surface area contributed by atoms with E-state index in [2.05, 4.69) is 0 Å². The van der Waals surface area contributed by atoms with Gasteiger partial charge in [-0.1, -0.05) is 0 Å². The summed E-state index contributed by atoms with van der Waals surface area (Å²) in [4.78, 5) is 0. The number of halogens is 1. The van der Waals surface area contributed by atoms with Gasteiger partial charge in [-0.15, -0.1) is 0 Å². The van der Waals surface area contributed by atoms with Gasteiger partial charge in [0.05, 0.1) is 0 Å². The molecule has 4 N–H and O–H groups in total. The van der Waals surface area contributed by atoms with E-state index in [1.807, 2.05) is 0 Å². The van der Waals surface area contributed by atoms with Gasteiger partial charge in [0.25, 0.3) is 0 Å². The normalized spacial score (nSPS) is 21.2. The number of nitrogen functional groups attached to an aromatic ring is 1. The molecular formula is C10H13FN2. The number of fused-ring (bicyclic) bond motifs is 1. The molecular weight excluding hydrogens is 167 g/mol. The third-order valence-electron chi connectivity index (χ3n) is 2.65. The summed E-state index contributed by atoms with van der Waals surface area (Å²) >= 11 is 0. The van der Waals surface area contributed by atoms with E-state index in [1.54, 1.807) is 6.07 Å². The molecule has 0 spiro atoms. The van der Waals surface area contributed by atoms with Gasteiger partial charge in [0.2, 0.25) is 0 Å². The van der Waals surface area contributed by atoms with Crippen LogP contribution in [-0.2, 0) is 6.42 Å². The molecule has 0 bridgehead atoms. The van der Waals surface area contributed by atoms with Gasteiger partial charge in [-0.2, -0.15) is 0 Å². The summed E-state index contributed by atoms with van der Waals surface area (Å²) in [6.45, 7) is 0. The first-order valence-corrected chi connectivity index (χ1v) is 4.52. The Morgan fingerprint density at radius 1 is 1.38 bits per heavy atom. The molecule has 1 aromatic rings. The molecule has 3 heteroatoms. The molecule has 70 valence electrons. The fraction of sp³-hybridized carbons (Fsp3) is 0.400. The molecule has 1 aliphatic carbocycles. The lowest BCUT2D eigenvalue weighted by molar-refractivity contribution is 0.519. The third kappa shape index (κ3) is 1.29. The molecule has 0 saturated carbocycles. The van der Waals surface area contributed by atoms with Crippen molar-refractivity contribution in [2.24, 2.45) is 5.73 Å². The molecule has 1 aromatic carbocycles. The summed E-state index contributed by atoms with van der Waals surface area (Å²) in [6, 6.07) is 2.85. The van der Waals surface area contributed by atoms with Gasteiger partial charge in [0.1, 0.15) is 5.82 Å². The van der Waals surface area contributed by atoms with E-state index >= 15 is 0 Å². The Hall–Kier alpha value is -1.09. The highest BCUT2D eigenvalue weighted by atomic mass is 19.1. The Morgan fingerprint density at radius 2 is 2.15 bits per heavy atom. The molecule has 0 fully saturated rings. The summed E-state index contributed by atoms with van der Waals surface area (Å²) < 4.78 is 13.4. The zero-order valence-corrected chi connectivity index (χ0v) is 7.39. The third-order valence-corrected chi connectivity index (χ3v) is 2.65. The first-order chi connectivity index (χ1) is 6.20. The van der Waals surface area contributed by atoms with Crippen molar-refractivity contribution in [3.63, 3.8) is 0 Å². The van der Waals surface area contributed by atoms with Gasteiger partial charge in [0.15, 0.2) is 0 Å². The summed E-state index contributed by atoms with van der Waals surface area (Å²) in [7, 11) is 0. The maximum Gasteiger partial charge on any atom is 0.128 e. The van der Waals surface area contributed by atoms with E-state index in [1.165, 1.54) is 6.07 Å². The molecule has 2 nitrogen and oxygen atoms in total. The van der Waals surface area contributed by atoms with Gasteiger partial charge in [-0.25, -0.2) is 4.39 Å². The molecule has 0 heterocycles. The second-order valence-corrected chi connectivity index (χ2v) is 3.53. The summed E-state index contributed by atoms with van der Waals surface area (Å²) in [6.07, 6.45) is 2.71. The predicted molar refractivity (Wildman–Crippen MR) is 50.7 cm³/mol. The van der Waals surface area contributed by atoms with E-state index in [0.717, 1.165) is 24.8 Å². The van der Waals surface area contributed by atoms with Crippen LogP contribution in [0.4, 0.5) is 10.1 Å². The summed E-state index contributed by atoms with van der Waals surface area (Å²) in [5.74, 6) is -0.212. The standard InChI is InChI=1S/C10H13FN2/c11-7-4-5-8(12)6-2-1-3-9(13)10(6)7/h4-5,9H,1-3,12-13H2/t9-/m1/s1. The number of benzene rings is 1. The fourth-order valence-corrected chi connectivity index (χ4v) is 1.98. The minimum Gasteiger partial charge on any atom is -0.398 e. The molecule has 0 aromatic heterocycles. The number of anilines is 1. The topological polar surface area (TPSA) is 52.0 Å². The molecule has 0 aliphatic heterocycles. The van der Waals surface area contributed by atoms with Crippen LogP contribution in [0.5, 0.6) is 0 Å². The van der Waals surface area contributed by atoms with Gasteiger partial charge >= 0.3 is 0 Å². The average molecular weight is 180 g/mol. The molecule has 0 unspecified atom stereocenters. The minimum atomic E-state index is -0.212. The summed E-state index contributed by atoms with van der Waals surface area (Å²) in [5.41, 5.74) is 13.8. The van der Waals surface area contributed by atoms with Crippen molar-refractivity contribution in [1.82, 2.24) is 0 Å². The monoisotopic (exact) mass is 180 g/mol. The lowest BCUT2D eigenvalue weighted by Crippen LogP contribution is -2.20. The lowest BCUT2D eigenvalue weighted by atomic mass is 9.87. The van der Waals surface area contributed by atoms with E-state index < -0.39 is 0 Å². The zero-order chi connectivity index (χ0) is 9.42. The van der Waals surface area contributed by atoms with Crippen LogP contribution in [0.25, 0.3) is 0 Å². The van der Waals surface area contributed by atoms with E-state index in [9.17, 15) is 4.39 Å². The molecule has 0 amide bonds. The Morgan fingerprint density at radius 3 is 2.85 bits per heavy atom. The molecule has 1 aliphatic rings. The maximum atomic E-state index is 13.4. The van der Waals surface area contributed by atoms with Crippen molar-refractivity contribution in [3.05, 3.63) is 29.1 Å². The number of nitrogens with two attached hydrogens (primary N) is 2. The highest BCUT2D eigenvalue weighted by Crippen LogP contribution is 2.33. The van der Waals surface area contributed by atoms with Crippen molar-refractivity contribution in [2.45, 2.75) is 25.3 Å². The molecule has 1 atom stereocenters. The van der Waals surface area contributed by atoms with Gasteiger partial charge in [0, 0.05) is 17.3 Å².